The summed E-state index contributed by atoms with van der Waals surface area (Å²) in [6.07, 6.45) is 3.79. The molecule has 0 bridgehead atoms. The van der Waals surface area contributed by atoms with E-state index in [9.17, 15) is 9.90 Å². The maximum Gasteiger partial charge on any atom is 0.236 e. The summed E-state index contributed by atoms with van der Waals surface area (Å²) in [5.74, 6) is 1.04. The molecule has 3 heterocycles. The Bertz CT molecular complexity index is 625. The molecule has 158 valence electrons. The van der Waals surface area contributed by atoms with Gasteiger partial charge in [0.15, 0.2) is 0 Å². The molecule has 1 aromatic rings. The van der Waals surface area contributed by atoms with E-state index in [0.29, 0.717) is 25.6 Å². The first kappa shape index (κ1) is 23.4. The summed E-state index contributed by atoms with van der Waals surface area (Å²) in [4.78, 5) is 17.1. The average molecular weight is 430 g/mol. The number of benzene rings is 1. The van der Waals surface area contributed by atoms with Crippen LogP contribution in [0.5, 0.6) is 0 Å². The highest BCUT2D eigenvalue weighted by molar-refractivity contribution is 5.85. The monoisotopic (exact) mass is 429 g/mol. The van der Waals surface area contributed by atoms with Crippen molar-refractivity contribution in [3.63, 3.8) is 0 Å². The van der Waals surface area contributed by atoms with Crippen molar-refractivity contribution in [2.45, 2.75) is 37.2 Å². The van der Waals surface area contributed by atoms with Crippen LogP contribution in [0.25, 0.3) is 0 Å². The number of carbonyl (C=O) groups excluding carboxylic acids is 1. The molecule has 7 heteroatoms. The standard InChI is InChI=1S/C21H31N3O2.2ClH/c25-20(24-13-9-21(26)8-10-22-14-19(21)15-24)16-23-11-6-18(7-12-23)17-4-2-1-3-5-17;;/h1-5,18-19,22,26H,6-16H2;2*1H/t19-,21-;;/m0../s1. The largest absolute Gasteiger partial charge is 0.389 e. The van der Waals surface area contributed by atoms with E-state index in [1.165, 1.54) is 5.56 Å². The van der Waals surface area contributed by atoms with Gasteiger partial charge >= 0.3 is 0 Å². The second kappa shape index (κ2) is 10.3. The highest BCUT2D eigenvalue weighted by atomic mass is 35.5. The number of halogens is 2. The summed E-state index contributed by atoms with van der Waals surface area (Å²) in [7, 11) is 0. The molecule has 0 spiro atoms. The fourth-order valence-electron chi connectivity index (χ4n) is 4.89. The molecular weight excluding hydrogens is 397 g/mol. The predicted octanol–water partition coefficient (Wildman–Crippen LogP) is 2.28. The van der Waals surface area contributed by atoms with Crippen LogP contribution in [0.1, 0.15) is 37.2 Å². The molecule has 1 aromatic carbocycles. The first-order valence-electron chi connectivity index (χ1n) is 10.1. The fraction of sp³-hybridized carbons (Fsp3) is 0.667. The molecule has 3 aliphatic heterocycles. The zero-order valence-electron chi connectivity index (χ0n) is 16.4. The Hall–Kier alpha value is -0.850. The number of amides is 1. The van der Waals surface area contributed by atoms with E-state index in [1.54, 1.807) is 0 Å². The van der Waals surface area contributed by atoms with Crippen LogP contribution in [-0.2, 0) is 4.79 Å². The maximum absolute atomic E-state index is 12.8. The van der Waals surface area contributed by atoms with E-state index in [1.807, 2.05) is 4.90 Å². The van der Waals surface area contributed by atoms with Crippen molar-refractivity contribution in [2.24, 2.45) is 5.92 Å². The Morgan fingerprint density at radius 1 is 1.11 bits per heavy atom. The number of likely N-dealkylation sites (tertiary alicyclic amines) is 2. The molecule has 2 N–H and O–H groups in total. The molecule has 28 heavy (non-hydrogen) atoms. The van der Waals surface area contributed by atoms with Gasteiger partial charge in [-0.25, -0.2) is 0 Å². The minimum atomic E-state index is -0.559. The van der Waals surface area contributed by atoms with Gasteiger partial charge in [0.2, 0.25) is 5.91 Å². The second-order valence-corrected chi connectivity index (χ2v) is 8.31. The van der Waals surface area contributed by atoms with Gasteiger partial charge in [-0.1, -0.05) is 30.3 Å². The van der Waals surface area contributed by atoms with Crippen LogP contribution in [0.15, 0.2) is 30.3 Å². The minimum Gasteiger partial charge on any atom is -0.389 e. The normalized spacial score (nSPS) is 28.6. The fourth-order valence-corrected chi connectivity index (χ4v) is 4.89. The summed E-state index contributed by atoms with van der Waals surface area (Å²) in [5.41, 5.74) is 0.870. The minimum absolute atomic E-state index is 0. The van der Waals surface area contributed by atoms with E-state index in [4.69, 9.17) is 0 Å². The van der Waals surface area contributed by atoms with Crippen LogP contribution in [-0.4, -0.2) is 72.2 Å². The maximum atomic E-state index is 12.8. The van der Waals surface area contributed by atoms with E-state index in [2.05, 4.69) is 40.5 Å². The molecule has 4 rings (SSSR count). The van der Waals surface area contributed by atoms with Crippen LogP contribution < -0.4 is 5.32 Å². The van der Waals surface area contributed by atoms with Crippen LogP contribution >= 0.6 is 24.8 Å². The molecule has 0 aromatic heterocycles. The van der Waals surface area contributed by atoms with Gasteiger partial charge in [0.1, 0.15) is 0 Å². The van der Waals surface area contributed by atoms with Gasteiger partial charge in [-0.05, 0) is 56.8 Å². The number of hydrogen-bond donors (Lipinski definition) is 2. The molecule has 0 unspecified atom stereocenters. The van der Waals surface area contributed by atoms with Crippen LogP contribution in [0.2, 0.25) is 0 Å². The summed E-state index contributed by atoms with van der Waals surface area (Å²) in [6, 6.07) is 10.7. The van der Waals surface area contributed by atoms with Crippen molar-refractivity contribution in [3.8, 4) is 0 Å². The lowest BCUT2D eigenvalue weighted by atomic mass is 9.76. The molecule has 0 radical (unpaired) electrons. The van der Waals surface area contributed by atoms with E-state index >= 15 is 0 Å². The first-order chi connectivity index (χ1) is 12.6. The summed E-state index contributed by atoms with van der Waals surface area (Å²) in [5, 5.41) is 14.1. The first-order valence-corrected chi connectivity index (χ1v) is 10.1. The molecule has 5 nitrogen and oxygen atoms in total. The lowest BCUT2D eigenvalue weighted by molar-refractivity contribution is -0.143. The predicted molar refractivity (Wildman–Crippen MR) is 116 cm³/mol. The van der Waals surface area contributed by atoms with Gasteiger partial charge in [-0.2, -0.15) is 0 Å². The Morgan fingerprint density at radius 3 is 2.54 bits per heavy atom. The third kappa shape index (κ3) is 5.19. The van der Waals surface area contributed by atoms with Crippen LogP contribution in [0, 0.1) is 5.92 Å². The van der Waals surface area contributed by atoms with Crippen molar-refractivity contribution >= 4 is 30.7 Å². The molecule has 1 amide bonds. The third-order valence-corrected chi connectivity index (χ3v) is 6.71. The molecule has 3 aliphatic rings. The lowest BCUT2D eigenvalue weighted by Gasteiger charge is -2.47. The summed E-state index contributed by atoms with van der Waals surface area (Å²) >= 11 is 0. The number of piperidine rings is 3. The topological polar surface area (TPSA) is 55.8 Å². The highest BCUT2D eigenvalue weighted by Crippen LogP contribution is 2.33. The van der Waals surface area contributed by atoms with Crippen molar-refractivity contribution < 1.29 is 9.90 Å². The molecule has 3 fully saturated rings. The van der Waals surface area contributed by atoms with Gasteiger partial charge < -0.3 is 15.3 Å². The number of rotatable bonds is 3. The number of nitrogens with zero attached hydrogens (tertiary/aromatic N) is 2. The van der Waals surface area contributed by atoms with Crippen molar-refractivity contribution in [1.82, 2.24) is 15.1 Å². The lowest BCUT2D eigenvalue weighted by Crippen LogP contribution is -2.60. The zero-order valence-corrected chi connectivity index (χ0v) is 18.0. The smallest absolute Gasteiger partial charge is 0.236 e. The van der Waals surface area contributed by atoms with Crippen molar-refractivity contribution in [3.05, 3.63) is 35.9 Å². The van der Waals surface area contributed by atoms with Gasteiger partial charge in [-0.15, -0.1) is 24.8 Å². The molecule has 2 atom stereocenters. The second-order valence-electron chi connectivity index (χ2n) is 8.31. The van der Waals surface area contributed by atoms with E-state index in [-0.39, 0.29) is 36.6 Å². The highest BCUT2D eigenvalue weighted by Gasteiger charge is 2.43. The summed E-state index contributed by atoms with van der Waals surface area (Å²) in [6.45, 7) is 5.62. The molecule has 0 saturated carbocycles. The van der Waals surface area contributed by atoms with Gasteiger partial charge in [0.05, 0.1) is 12.1 Å². The SMILES string of the molecule is Cl.Cl.O=C(CN1CCC(c2ccccc2)CC1)N1CC[C@@]2(O)CCNC[C@H]2C1. The van der Waals surface area contributed by atoms with Crippen LogP contribution in [0.4, 0.5) is 0 Å². The number of hydrogen-bond acceptors (Lipinski definition) is 4. The Kier molecular flexibility index (Phi) is 8.59. The zero-order chi connectivity index (χ0) is 18.0. The Morgan fingerprint density at radius 2 is 1.82 bits per heavy atom. The molecular formula is C21H33Cl2N3O2. The van der Waals surface area contributed by atoms with Gasteiger partial charge in [0, 0.05) is 25.6 Å². The van der Waals surface area contributed by atoms with Gasteiger partial charge in [0.25, 0.3) is 0 Å². The quantitative estimate of drug-likeness (QED) is 0.773. The molecule has 3 saturated heterocycles. The van der Waals surface area contributed by atoms with Crippen molar-refractivity contribution in [1.29, 1.82) is 0 Å². The summed E-state index contributed by atoms with van der Waals surface area (Å²) < 4.78 is 0. The third-order valence-electron chi connectivity index (χ3n) is 6.71. The number of aliphatic hydroxyl groups is 1. The average Bonchev–Trinajstić information content (AvgIpc) is 2.68. The number of nitrogens with one attached hydrogen (secondary N) is 1. The van der Waals surface area contributed by atoms with Crippen molar-refractivity contribution in [2.75, 3.05) is 45.8 Å². The number of fused-ring (bicyclic) bond motifs is 1. The Labute approximate surface area is 180 Å². The Balaban J connectivity index is 0.00000140. The van der Waals surface area contributed by atoms with E-state index < -0.39 is 5.60 Å². The molecule has 0 aliphatic carbocycles. The number of carbonyl (C=O) groups is 1. The van der Waals surface area contributed by atoms with Crippen LogP contribution in [0.3, 0.4) is 0 Å². The van der Waals surface area contributed by atoms with E-state index in [0.717, 1.165) is 51.9 Å². The van der Waals surface area contributed by atoms with Gasteiger partial charge in [-0.3, -0.25) is 9.69 Å².